The maximum Gasteiger partial charge on any atom is 0.254 e. The van der Waals surface area contributed by atoms with Crippen LogP contribution in [0, 0.1) is 23.1 Å². The lowest BCUT2D eigenvalue weighted by atomic mass is 9.97. The minimum absolute atomic E-state index is 0.0151. The van der Waals surface area contributed by atoms with Crippen molar-refractivity contribution in [2.45, 2.75) is 58.0 Å². The third-order valence-electron chi connectivity index (χ3n) is 6.59. The van der Waals surface area contributed by atoms with Crippen molar-refractivity contribution < 1.29 is 18.3 Å². The number of ether oxygens (including phenoxy) is 1. The van der Waals surface area contributed by atoms with Gasteiger partial charge < -0.3 is 20.2 Å². The molecule has 34 heavy (non-hydrogen) atoms. The van der Waals surface area contributed by atoms with Gasteiger partial charge in [-0.05, 0) is 58.2 Å². The van der Waals surface area contributed by atoms with E-state index >= 15 is 0 Å². The molecule has 1 aliphatic heterocycles. The molecule has 0 aliphatic carbocycles. The van der Waals surface area contributed by atoms with Gasteiger partial charge in [0.15, 0.2) is 14.1 Å². The molecule has 1 amide bonds. The zero-order chi connectivity index (χ0) is 25.3. The second-order valence-electron chi connectivity index (χ2n) is 10.0. The second kappa shape index (κ2) is 10.2. The maximum atomic E-state index is 14.7. The largest absolute Gasteiger partial charge is 0.413 e. The Kier molecular flexibility index (Phi) is 7.87. The molecule has 184 valence electrons. The van der Waals surface area contributed by atoms with Crippen molar-refractivity contribution in [2.24, 2.45) is 11.7 Å². The van der Waals surface area contributed by atoms with Gasteiger partial charge in [0.1, 0.15) is 11.4 Å². The van der Waals surface area contributed by atoms with E-state index in [2.05, 4.69) is 66.3 Å². The lowest BCUT2D eigenvalue weighted by molar-refractivity contribution is 0.0342. The Hall–Kier alpha value is -2.26. The van der Waals surface area contributed by atoms with Crippen LogP contribution in [0.5, 0.6) is 0 Å². The lowest BCUT2D eigenvalue weighted by Crippen LogP contribution is -2.40. The van der Waals surface area contributed by atoms with Crippen molar-refractivity contribution in [1.29, 1.82) is 5.26 Å². The molecule has 1 fully saturated rings. The molecule has 8 nitrogen and oxygen atoms in total. The van der Waals surface area contributed by atoms with Crippen molar-refractivity contribution in [1.82, 2.24) is 9.78 Å². The highest BCUT2D eigenvalue weighted by Crippen LogP contribution is 2.38. The summed E-state index contributed by atoms with van der Waals surface area (Å²) in [6, 6.07) is 5.00. The number of benzene rings is 1. The van der Waals surface area contributed by atoms with Gasteiger partial charge in [0.05, 0.1) is 35.7 Å². The number of nitrogens with two attached hydrogens (primary N) is 1. The van der Waals surface area contributed by atoms with Crippen molar-refractivity contribution in [2.75, 3.05) is 18.5 Å². The minimum Gasteiger partial charge on any atom is -0.413 e. The van der Waals surface area contributed by atoms with E-state index < -0.39 is 20.0 Å². The summed E-state index contributed by atoms with van der Waals surface area (Å²) < 4.78 is 28.4. The molecule has 0 saturated carbocycles. The first kappa shape index (κ1) is 26.3. The van der Waals surface area contributed by atoms with Gasteiger partial charge >= 0.3 is 0 Å². The van der Waals surface area contributed by atoms with Crippen LogP contribution in [0.4, 0.5) is 15.9 Å². The van der Waals surface area contributed by atoms with E-state index in [9.17, 15) is 14.4 Å². The van der Waals surface area contributed by atoms with E-state index in [1.807, 2.05) is 0 Å². The molecule has 2 heterocycles. The molecule has 0 bridgehead atoms. The highest BCUT2D eigenvalue weighted by atomic mass is 79.9. The van der Waals surface area contributed by atoms with Crippen LogP contribution in [0.25, 0.3) is 0 Å². The van der Waals surface area contributed by atoms with Crippen LogP contribution in [-0.4, -0.2) is 37.2 Å². The maximum absolute atomic E-state index is 14.7. The van der Waals surface area contributed by atoms with Gasteiger partial charge in [0, 0.05) is 18.5 Å². The number of carbonyl (C=O) groups excluding carboxylic acids is 1. The normalized spacial score (nSPS) is 19.0. The van der Waals surface area contributed by atoms with Crippen LogP contribution >= 0.6 is 15.9 Å². The molecule has 0 spiro atoms. The standard InChI is InChI=1S/C23H31BrFN5O3Si/c1-23(2,3)34(4,5)33-12-15-8-16(9-18(25)20(15)24)28-22-17(21(27)31)11-30(29-22)19-13-32-7-6-14(19)10-26/h8-9,11,14,19H,6-7,12-13H2,1-5H3,(H2,27,31)(H,28,29). The molecule has 1 aromatic heterocycles. The first-order valence-corrected chi connectivity index (χ1v) is 14.8. The van der Waals surface area contributed by atoms with Gasteiger partial charge in [-0.2, -0.15) is 10.4 Å². The van der Waals surface area contributed by atoms with Crippen LogP contribution in [0.1, 0.15) is 49.2 Å². The highest BCUT2D eigenvalue weighted by Gasteiger charge is 2.37. The van der Waals surface area contributed by atoms with E-state index in [0.29, 0.717) is 35.4 Å². The van der Waals surface area contributed by atoms with Gasteiger partial charge in [-0.3, -0.25) is 9.48 Å². The van der Waals surface area contributed by atoms with Crippen LogP contribution in [0.15, 0.2) is 22.8 Å². The number of anilines is 2. The zero-order valence-electron chi connectivity index (χ0n) is 20.1. The number of nitrogens with one attached hydrogen (secondary N) is 1. The van der Waals surface area contributed by atoms with Crippen molar-refractivity contribution >= 4 is 41.7 Å². The summed E-state index contributed by atoms with van der Waals surface area (Å²) in [4.78, 5) is 12.1. The summed E-state index contributed by atoms with van der Waals surface area (Å²) >= 11 is 3.32. The van der Waals surface area contributed by atoms with Crippen molar-refractivity contribution in [3.8, 4) is 6.07 Å². The van der Waals surface area contributed by atoms with Gasteiger partial charge in [0.25, 0.3) is 5.91 Å². The van der Waals surface area contributed by atoms with Crippen molar-refractivity contribution in [3.63, 3.8) is 0 Å². The van der Waals surface area contributed by atoms with E-state index in [1.165, 1.54) is 16.9 Å². The molecule has 1 saturated heterocycles. The lowest BCUT2D eigenvalue weighted by Gasteiger charge is -2.36. The van der Waals surface area contributed by atoms with Crippen LogP contribution in [0.2, 0.25) is 18.1 Å². The number of carbonyl (C=O) groups is 1. The second-order valence-corrected chi connectivity index (χ2v) is 15.6. The molecule has 3 rings (SSSR count). The number of halogens is 2. The Morgan fingerprint density at radius 1 is 1.47 bits per heavy atom. The number of aromatic nitrogens is 2. The molecule has 0 radical (unpaired) electrons. The average molecular weight is 553 g/mol. The average Bonchev–Trinajstić information content (AvgIpc) is 3.18. The summed E-state index contributed by atoms with van der Waals surface area (Å²) in [6.45, 7) is 11.7. The summed E-state index contributed by atoms with van der Waals surface area (Å²) in [5, 5.41) is 17.0. The molecule has 1 aromatic carbocycles. The number of nitriles is 1. The van der Waals surface area contributed by atoms with Crippen LogP contribution in [-0.2, 0) is 15.8 Å². The summed E-state index contributed by atoms with van der Waals surface area (Å²) in [5.41, 5.74) is 6.75. The number of nitrogens with zero attached hydrogens (tertiary/aromatic N) is 3. The highest BCUT2D eigenvalue weighted by molar-refractivity contribution is 9.10. The molecule has 2 aromatic rings. The Bertz CT molecular complexity index is 1110. The predicted molar refractivity (Wildman–Crippen MR) is 134 cm³/mol. The van der Waals surface area contributed by atoms with E-state index in [1.54, 1.807) is 6.07 Å². The number of hydrogen-bond acceptors (Lipinski definition) is 6. The molecule has 2 unspecified atom stereocenters. The number of rotatable bonds is 7. The summed E-state index contributed by atoms with van der Waals surface area (Å²) in [6.07, 6.45) is 2.08. The predicted octanol–water partition coefficient (Wildman–Crippen LogP) is 5.25. The smallest absolute Gasteiger partial charge is 0.254 e. The Labute approximate surface area is 208 Å². The fourth-order valence-corrected chi connectivity index (χ4v) is 4.70. The summed E-state index contributed by atoms with van der Waals surface area (Å²) in [7, 11) is -2.05. The van der Waals surface area contributed by atoms with Crippen LogP contribution in [0.3, 0.4) is 0 Å². The van der Waals surface area contributed by atoms with Crippen LogP contribution < -0.4 is 11.1 Å². The third kappa shape index (κ3) is 5.68. The molecule has 3 N–H and O–H groups in total. The number of amides is 1. The molecule has 1 aliphatic rings. The van der Waals surface area contributed by atoms with Crippen molar-refractivity contribution in [3.05, 3.63) is 39.7 Å². The van der Waals surface area contributed by atoms with E-state index in [-0.39, 0.29) is 35.0 Å². The Balaban J connectivity index is 1.90. The molecule has 11 heteroatoms. The number of hydrogen-bond donors (Lipinski definition) is 2. The van der Waals surface area contributed by atoms with Gasteiger partial charge in [-0.1, -0.05) is 20.8 Å². The zero-order valence-corrected chi connectivity index (χ0v) is 22.7. The quantitative estimate of drug-likeness (QED) is 0.454. The Morgan fingerprint density at radius 3 is 2.79 bits per heavy atom. The fraction of sp³-hybridized carbons (Fsp3) is 0.522. The first-order valence-electron chi connectivity index (χ1n) is 11.1. The third-order valence-corrected chi connectivity index (χ3v) is 12.0. The minimum atomic E-state index is -2.05. The van der Waals surface area contributed by atoms with Gasteiger partial charge in [0.2, 0.25) is 0 Å². The monoisotopic (exact) mass is 551 g/mol. The fourth-order valence-electron chi connectivity index (χ4n) is 3.40. The van der Waals surface area contributed by atoms with E-state index in [0.717, 1.165) is 0 Å². The topological polar surface area (TPSA) is 115 Å². The summed E-state index contributed by atoms with van der Waals surface area (Å²) in [5.74, 6) is -1.26. The van der Waals surface area contributed by atoms with Gasteiger partial charge in [-0.25, -0.2) is 4.39 Å². The molecular formula is C23H31BrFN5O3Si. The van der Waals surface area contributed by atoms with Gasteiger partial charge in [-0.15, -0.1) is 0 Å². The Morgan fingerprint density at radius 2 is 2.18 bits per heavy atom. The SMILES string of the molecule is CC(C)(C)[Si](C)(C)OCc1cc(Nc2nn(C3COCCC3C#N)cc2C(N)=O)cc(F)c1Br. The first-order chi connectivity index (χ1) is 15.8. The molecule has 2 atom stereocenters. The van der Waals surface area contributed by atoms with E-state index in [4.69, 9.17) is 14.9 Å². The number of primary amides is 1. The molecular weight excluding hydrogens is 521 g/mol.